The Morgan fingerprint density at radius 2 is 1.85 bits per heavy atom. The van der Waals surface area contributed by atoms with Crippen LogP contribution in [0.25, 0.3) is 6.08 Å². The molecule has 1 amide bonds. The zero-order valence-electron chi connectivity index (χ0n) is 13.6. The van der Waals surface area contributed by atoms with Crippen molar-refractivity contribution < 1.29 is 22.4 Å². The van der Waals surface area contributed by atoms with Crippen molar-refractivity contribution in [1.29, 1.82) is 5.26 Å². The lowest BCUT2D eigenvalue weighted by Gasteiger charge is -2.14. The topological polar surface area (TPSA) is 52.9 Å². The summed E-state index contributed by atoms with van der Waals surface area (Å²) in [5, 5.41) is 11.7. The first-order valence-electron chi connectivity index (χ1n) is 7.56. The summed E-state index contributed by atoms with van der Waals surface area (Å²) in [6.07, 6.45) is -3.81. The Balaban J connectivity index is 2.26. The van der Waals surface area contributed by atoms with Crippen molar-refractivity contribution >= 4 is 12.0 Å². The summed E-state index contributed by atoms with van der Waals surface area (Å²) in [4.78, 5) is 12.2. The molecule has 0 saturated carbocycles. The number of carbonyl (C=O) groups excluding carboxylic acids is 1. The van der Waals surface area contributed by atoms with E-state index in [0.29, 0.717) is 12.1 Å². The summed E-state index contributed by atoms with van der Waals surface area (Å²) in [6, 6.07) is 12.0. The van der Waals surface area contributed by atoms with Gasteiger partial charge in [-0.3, -0.25) is 4.79 Å². The molecular formula is C19H14F4N2O. The molecular weight excluding hydrogens is 348 g/mol. The van der Waals surface area contributed by atoms with E-state index in [2.05, 4.69) is 5.32 Å². The van der Waals surface area contributed by atoms with Gasteiger partial charge in [0.1, 0.15) is 17.5 Å². The van der Waals surface area contributed by atoms with Gasteiger partial charge in [0.25, 0.3) is 5.91 Å². The number of alkyl halides is 3. The van der Waals surface area contributed by atoms with Gasteiger partial charge in [0.15, 0.2) is 0 Å². The SMILES string of the molecule is C[C@H](NC(=O)C(C#N)=Cc1cc(F)cc(C(F)(F)F)c1)c1ccccc1. The number of benzene rings is 2. The minimum atomic E-state index is -4.73. The van der Waals surface area contributed by atoms with Crippen LogP contribution in [0.3, 0.4) is 0 Å². The molecule has 0 spiro atoms. The molecule has 1 atom stereocenters. The number of halogens is 4. The zero-order chi connectivity index (χ0) is 19.3. The number of nitriles is 1. The molecule has 0 radical (unpaired) electrons. The highest BCUT2D eigenvalue weighted by atomic mass is 19.4. The molecule has 2 aromatic rings. The molecule has 0 aliphatic carbocycles. The number of hydrogen-bond acceptors (Lipinski definition) is 2. The summed E-state index contributed by atoms with van der Waals surface area (Å²) >= 11 is 0. The predicted octanol–water partition coefficient (Wildman–Crippen LogP) is 4.63. The quantitative estimate of drug-likeness (QED) is 0.490. The van der Waals surface area contributed by atoms with E-state index in [9.17, 15) is 22.4 Å². The number of carbonyl (C=O) groups is 1. The van der Waals surface area contributed by atoms with Crippen LogP contribution in [0.4, 0.5) is 17.6 Å². The van der Waals surface area contributed by atoms with Gasteiger partial charge < -0.3 is 5.32 Å². The van der Waals surface area contributed by atoms with Crippen LogP contribution in [0, 0.1) is 17.1 Å². The normalized spacial score (nSPS) is 13.0. The second-order valence-corrected chi connectivity index (χ2v) is 5.55. The average Bonchev–Trinajstić information content (AvgIpc) is 2.59. The van der Waals surface area contributed by atoms with E-state index in [1.165, 1.54) is 0 Å². The van der Waals surface area contributed by atoms with Crippen molar-refractivity contribution in [2.75, 3.05) is 0 Å². The molecule has 2 aromatic carbocycles. The van der Waals surface area contributed by atoms with Crippen LogP contribution < -0.4 is 5.32 Å². The Morgan fingerprint density at radius 3 is 2.42 bits per heavy atom. The Bertz CT molecular complexity index is 867. The Hall–Kier alpha value is -3.14. The van der Waals surface area contributed by atoms with Crippen molar-refractivity contribution in [1.82, 2.24) is 5.32 Å². The van der Waals surface area contributed by atoms with Crippen LogP contribution in [0.15, 0.2) is 54.1 Å². The first-order valence-corrected chi connectivity index (χ1v) is 7.56. The van der Waals surface area contributed by atoms with Gasteiger partial charge in [-0.1, -0.05) is 30.3 Å². The lowest BCUT2D eigenvalue weighted by Crippen LogP contribution is -2.27. The summed E-state index contributed by atoms with van der Waals surface area (Å²) in [5.41, 5.74) is -1.05. The zero-order valence-corrected chi connectivity index (χ0v) is 13.6. The number of rotatable bonds is 4. The van der Waals surface area contributed by atoms with Gasteiger partial charge in [0.05, 0.1) is 11.6 Å². The molecule has 0 saturated heterocycles. The molecule has 2 rings (SSSR count). The summed E-state index contributed by atoms with van der Waals surface area (Å²) in [5.74, 6) is -1.87. The Kier molecular flexibility index (Phi) is 5.78. The second kappa shape index (κ2) is 7.83. The molecule has 0 bridgehead atoms. The lowest BCUT2D eigenvalue weighted by molar-refractivity contribution is -0.137. The molecule has 0 unspecified atom stereocenters. The highest BCUT2D eigenvalue weighted by Gasteiger charge is 2.31. The first-order chi connectivity index (χ1) is 12.2. The molecule has 0 heterocycles. The van der Waals surface area contributed by atoms with Crippen LogP contribution in [0.5, 0.6) is 0 Å². The van der Waals surface area contributed by atoms with Gasteiger partial charge in [0, 0.05) is 0 Å². The van der Waals surface area contributed by atoms with E-state index in [0.717, 1.165) is 17.7 Å². The van der Waals surface area contributed by atoms with E-state index in [1.807, 2.05) is 0 Å². The molecule has 7 heteroatoms. The Labute approximate surface area is 147 Å². The molecule has 0 fully saturated rings. The largest absolute Gasteiger partial charge is 0.416 e. The molecule has 1 N–H and O–H groups in total. The number of hydrogen-bond donors (Lipinski definition) is 1. The molecule has 134 valence electrons. The number of nitrogens with zero attached hydrogens (tertiary/aromatic N) is 1. The number of amides is 1. The van der Waals surface area contributed by atoms with E-state index in [-0.39, 0.29) is 5.56 Å². The maximum atomic E-state index is 13.4. The monoisotopic (exact) mass is 362 g/mol. The summed E-state index contributed by atoms with van der Waals surface area (Å²) < 4.78 is 51.7. The van der Waals surface area contributed by atoms with E-state index >= 15 is 0 Å². The van der Waals surface area contributed by atoms with Gasteiger partial charge in [-0.2, -0.15) is 18.4 Å². The van der Waals surface area contributed by atoms with Gasteiger partial charge >= 0.3 is 6.18 Å². The first kappa shape index (κ1) is 19.2. The van der Waals surface area contributed by atoms with Gasteiger partial charge in [-0.15, -0.1) is 0 Å². The molecule has 0 aliphatic heterocycles. The third kappa shape index (κ3) is 4.93. The maximum Gasteiger partial charge on any atom is 0.416 e. The Morgan fingerprint density at radius 1 is 1.19 bits per heavy atom. The standard InChI is InChI=1S/C19H14F4N2O/c1-12(14-5-3-2-4-6-14)25-18(26)15(11-24)7-13-8-16(19(21,22)23)10-17(20)9-13/h2-10,12H,1H3,(H,25,26)/t12-/m0/s1. The third-order valence-electron chi connectivity index (χ3n) is 3.57. The number of nitrogens with one attached hydrogen (secondary N) is 1. The van der Waals surface area contributed by atoms with Crippen LogP contribution >= 0.6 is 0 Å². The van der Waals surface area contributed by atoms with Crippen LogP contribution in [0.2, 0.25) is 0 Å². The van der Waals surface area contributed by atoms with E-state index in [1.54, 1.807) is 43.3 Å². The fraction of sp³-hybridized carbons (Fsp3) is 0.158. The smallest absolute Gasteiger partial charge is 0.345 e. The predicted molar refractivity (Wildman–Crippen MR) is 88.0 cm³/mol. The highest BCUT2D eigenvalue weighted by molar-refractivity contribution is 6.01. The second-order valence-electron chi connectivity index (χ2n) is 5.55. The maximum absolute atomic E-state index is 13.4. The van der Waals surface area contributed by atoms with Crippen LogP contribution in [0.1, 0.15) is 29.7 Å². The van der Waals surface area contributed by atoms with E-state index in [4.69, 9.17) is 5.26 Å². The van der Waals surface area contributed by atoms with Crippen molar-refractivity contribution in [3.63, 3.8) is 0 Å². The van der Waals surface area contributed by atoms with Crippen molar-refractivity contribution in [3.8, 4) is 6.07 Å². The van der Waals surface area contributed by atoms with Gasteiger partial charge in [-0.25, -0.2) is 4.39 Å². The van der Waals surface area contributed by atoms with Crippen LogP contribution in [-0.2, 0) is 11.0 Å². The summed E-state index contributed by atoms with van der Waals surface area (Å²) in [6.45, 7) is 1.70. The highest BCUT2D eigenvalue weighted by Crippen LogP contribution is 2.31. The fourth-order valence-corrected chi connectivity index (χ4v) is 2.27. The summed E-state index contributed by atoms with van der Waals surface area (Å²) in [7, 11) is 0. The van der Waals surface area contributed by atoms with Crippen molar-refractivity contribution in [3.05, 3.63) is 76.6 Å². The van der Waals surface area contributed by atoms with Gasteiger partial charge in [-0.05, 0) is 42.3 Å². The van der Waals surface area contributed by atoms with Crippen LogP contribution in [-0.4, -0.2) is 5.91 Å². The fourth-order valence-electron chi connectivity index (χ4n) is 2.27. The minimum Gasteiger partial charge on any atom is -0.345 e. The average molecular weight is 362 g/mol. The lowest BCUT2D eigenvalue weighted by atomic mass is 10.1. The van der Waals surface area contributed by atoms with E-state index < -0.39 is 35.1 Å². The van der Waals surface area contributed by atoms with Crippen molar-refractivity contribution in [2.24, 2.45) is 0 Å². The minimum absolute atomic E-state index is 0.226. The molecule has 26 heavy (non-hydrogen) atoms. The molecule has 0 aromatic heterocycles. The third-order valence-corrected chi connectivity index (χ3v) is 3.57. The van der Waals surface area contributed by atoms with Gasteiger partial charge in [0.2, 0.25) is 0 Å². The molecule has 3 nitrogen and oxygen atoms in total. The molecule has 0 aliphatic rings. The van der Waals surface area contributed by atoms with Crippen molar-refractivity contribution in [2.45, 2.75) is 19.1 Å².